The van der Waals surface area contributed by atoms with Crippen molar-refractivity contribution in [3.63, 3.8) is 0 Å². The summed E-state index contributed by atoms with van der Waals surface area (Å²) in [5.41, 5.74) is 0.813. The molecule has 2 rings (SSSR count). The number of anilines is 1. The van der Waals surface area contributed by atoms with Crippen LogP contribution in [-0.2, 0) is 11.2 Å². The van der Waals surface area contributed by atoms with Crippen LogP contribution in [-0.4, -0.2) is 23.2 Å². The Morgan fingerprint density at radius 1 is 1.39 bits per heavy atom. The molecule has 0 atom stereocenters. The molecule has 1 aromatic carbocycles. The molecule has 1 N–H and O–H groups in total. The van der Waals surface area contributed by atoms with Crippen LogP contribution in [0.2, 0.25) is 0 Å². The molecule has 1 heterocycles. The molecule has 98 valence electrons. The van der Waals surface area contributed by atoms with Crippen LogP contribution in [0.3, 0.4) is 0 Å². The maximum absolute atomic E-state index is 13.3. The Labute approximate surface area is 106 Å². The summed E-state index contributed by atoms with van der Waals surface area (Å²) in [5.74, 6) is -0.339. The molecular formula is C14H18FNO2. The molecule has 4 heteroatoms. The second kappa shape index (κ2) is 4.69. The quantitative estimate of drug-likeness (QED) is 0.895. The first-order valence-electron chi connectivity index (χ1n) is 6.18. The molecule has 0 fully saturated rings. The summed E-state index contributed by atoms with van der Waals surface area (Å²) in [7, 11) is 0. The number of aryl methyl sites for hydroxylation is 1. The lowest BCUT2D eigenvalue weighted by molar-refractivity contribution is -0.119. The average molecular weight is 251 g/mol. The largest absolute Gasteiger partial charge is 0.390 e. The molecule has 0 aromatic heterocycles. The molecule has 0 saturated heterocycles. The summed E-state index contributed by atoms with van der Waals surface area (Å²) >= 11 is 0. The second-order valence-electron chi connectivity index (χ2n) is 5.38. The molecular weight excluding hydrogens is 233 g/mol. The highest BCUT2D eigenvalue weighted by Gasteiger charge is 2.26. The predicted octanol–water partition coefficient (Wildman–Crippen LogP) is 2.27. The third-order valence-corrected chi connectivity index (χ3v) is 3.19. The Kier molecular flexibility index (Phi) is 3.39. The number of hydrogen-bond acceptors (Lipinski definition) is 2. The van der Waals surface area contributed by atoms with Crippen molar-refractivity contribution in [2.75, 3.05) is 11.4 Å². The fraction of sp³-hybridized carbons (Fsp3) is 0.500. The van der Waals surface area contributed by atoms with E-state index in [1.807, 2.05) is 0 Å². The van der Waals surface area contributed by atoms with Crippen LogP contribution >= 0.6 is 0 Å². The highest BCUT2D eigenvalue weighted by Crippen LogP contribution is 2.29. The maximum Gasteiger partial charge on any atom is 0.227 e. The molecule has 0 bridgehead atoms. The molecule has 1 aliphatic rings. The molecule has 0 unspecified atom stereocenters. The molecule has 0 spiro atoms. The van der Waals surface area contributed by atoms with Gasteiger partial charge in [-0.2, -0.15) is 0 Å². The monoisotopic (exact) mass is 251 g/mol. The Morgan fingerprint density at radius 2 is 2.11 bits per heavy atom. The highest BCUT2D eigenvalue weighted by atomic mass is 19.1. The normalized spacial score (nSPS) is 15.8. The van der Waals surface area contributed by atoms with Gasteiger partial charge in [-0.1, -0.05) is 6.07 Å². The minimum atomic E-state index is -0.828. The van der Waals surface area contributed by atoms with Crippen LogP contribution in [0.25, 0.3) is 0 Å². The van der Waals surface area contributed by atoms with Gasteiger partial charge in [0.05, 0.1) is 5.60 Å². The van der Waals surface area contributed by atoms with E-state index < -0.39 is 5.60 Å². The van der Waals surface area contributed by atoms with Gasteiger partial charge in [-0.25, -0.2) is 4.39 Å². The molecule has 1 aromatic rings. The van der Waals surface area contributed by atoms with E-state index >= 15 is 0 Å². The zero-order chi connectivity index (χ0) is 13.3. The number of halogens is 1. The Bertz CT molecular complexity index is 465. The number of nitrogens with zero attached hydrogens (tertiary/aromatic N) is 1. The van der Waals surface area contributed by atoms with Crippen molar-refractivity contribution in [3.05, 3.63) is 29.6 Å². The van der Waals surface area contributed by atoms with E-state index in [-0.39, 0.29) is 11.7 Å². The number of carbonyl (C=O) groups excluding carboxylic acids is 1. The van der Waals surface area contributed by atoms with E-state index in [9.17, 15) is 14.3 Å². The van der Waals surface area contributed by atoms with Gasteiger partial charge in [-0.15, -0.1) is 0 Å². The Hall–Kier alpha value is -1.42. The zero-order valence-electron chi connectivity index (χ0n) is 10.7. The van der Waals surface area contributed by atoms with Crippen LogP contribution in [0.4, 0.5) is 10.1 Å². The van der Waals surface area contributed by atoms with Gasteiger partial charge in [0, 0.05) is 18.7 Å². The maximum atomic E-state index is 13.3. The molecule has 1 amide bonds. The summed E-state index contributed by atoms with van der Waals surface area (Å²) in [6.07, 6.45) is 1.58. The van der Waals surface area contributed by atoms with Crippen molar-refractivity contribution in [2.24, 2.45) is 0 Å². The van der Waals surface area contributed by atoms with Crippen molar-refractivity contribution in [3.8, 4) is 0 Å². The summed E-state index contributed by atoms with van der Waals surface area (Å²) in [6.45, 7) is 3.82. The van der Waals surface area contributed by atoms with Crippen molar-refractivity contribution in [1.29, 1.82) is 0 Å². The van der Waals surface area contributed by atoms with Crippen LogP contribution in [0, 0.1) is 5.82 Å². The van der Waals surface area contributed by atoms with Crippen molar-refractivity contribution < 1.29 is 14.3 Å². The first-order valence-corrected chi connectivity index (χ1v) is 6.18. The Morgan fingerprint density at radius 3 is 2.78 bits per heavy atom. The van der Waals surface area contributed by atoms with E-state index in [1.165, 1.54) is 12.1 Å². The molecule has 0 aliphatic carbocycles. The van der Waals surface area contributed by atoms with Crippen molar-refractivity contribution >= 4 is 11.6 Å². The number of benzene rings is 1. The van der Waals surface area contributed by atoms with Crippen molar-refractivity contribution in [2.45, 2.75) is 38.7 Å². The second-order valence-corrected chi connectivity index (χ2v) is 5.38. The lowest BCUT2D eigenvalue weighted by Gasteiger charge is -2.31. The number of fused-ring (bicyclic) bond motifs is 1. The smallest absolute Gasteiger partial charge is 0.227 e. The molecule has 0 radical (unpaired) electrons. The average Bonchev–Trinajstić information content (AvgIpc) is 2.26. The van der Waals surface area contributed by atoms with Crippen LogP contribution in [0.15, 0.2) is 18.2 Å². The van der Waals surface area contributed by atoms with Gasteiger partial charge in [-0.3, -0.25) is 4.79 Å². The van der Waals surface area contributed by atoms with E-state index in [0.29, 0.717) is 31.5 Å². The first kappa shape index (κ1) is 13.0. The van der Waals surface area contributed by atoms with E-state index in [4.69, 9.17) is 0 Å². The van der Waals surface area contributed by atoms with E-state index in [1.54, 1.807) is 24.8 Å². The highest BCUT2D eigenvalue weighted by molar-refractivity contribution is 5.96. The van der Waals surface area contributed by atoms with E-state index in [2.05, 4.69) is 0 Å². The van der Waals surface area contributed by atoms with Gasteiger partial charge in [-0.05, 0) is 44.4 Å². The van der Waals surface area contributed by atoms with Crippen LogP contribution in [0.1, 0.15) is 32.3 Å². The lowest BCUT2D eigenvalue weighted by atomic mass is 9.99. The molecule has 3 nitrogen and oxygen atoms in total. The van der Waals surface area contributed by atoms with Crippen LogP contribution < -0.4 is 4.90 Å². The number of hydrogen-bond donors (Lipinski definition) is 1. The summed E-state index contributed by atoms with van der Waals surface area (Å²) in [4.78, 5) is 13.5. The first-order chi connectivity index (χ1) is 8.37. The Balaban J connectivity index is 2.24. The summed E-state index contributed by atoms with van der Waals surface area (Å²) < 4.78 is 13.3. The molecule has 18 heavy (non-hydrogen) atoms. The van der Waals surface area contributed by atoms with Crippen LogP contribution in [0.5, 0.6) is 0 Å². The van der Waals surface area contributed by atoms with Gasteiger partial charge in [0.15, 0.2) is 0 Å². The third kappa shape index (κ3) is 2.88. The van der Waals surface area contributed by atoms with Gasteiger partial charge in [0.1, 0.15) is 5.82 Å². The zero-order valence-corrected chi connectivity index (χ0v) is 10.7. The molecule has 0 saturated carbocycles. The van der Waals surface area contributed by atoms with Gasteiger partial charge >= 0.3 is 0 Å². The van der Waals surface area contributed by atoms with E-state index in [0.717, 1.165) is 5.56 Å². The van der Waals surface area contributed by atoms with Gasteiger partial charge in [0.25, 0.3) is 0 Å². The number of aliphatic hydroxyl groups is 1. The summed E-state index contributed by atoms with van der Waals surface area (Å²) in [5, 5.41) is 9.73. The topological polar surface area (TPSA) is 40.5 Å². The number of amides is 1. The standard InChI is InChI=1S/C14H18FNO2/c1-14(2,18)7-8-16-12-9-11(15)5-3-10(12)4-6-13(16)17/h3,5,9,18H,4,6-8H2,1-2H3. The van der Waals surface area contributed by atoms with Gasteiger partial charge < -0.3 is 10.0 Å². The SMILES string of the molecule is CC(C)(O)CCN1C(=O)CCc2ccc(F)cc21. The molecule has 1 aliphatic heterocycles. The minimum absolute atomic E-state index is 0.00245. The third-order valence-electron chi connectivity index (χ3n) is 3.19. The lowest BCUT2D eigenvalue weighted by Crippen LogP contribution is -2.38. The fourth-order valence-electron chi connectivity index (χ4n) is 2.14. The van der Waals surface area contributed by atoms with Crippen molar-refractivity contribution in [1.82, 2.24) is 0 Å². The minimum Gasteiger partial charge on any atom is -0.390 e. The number of rotatable bonds is 3. The van der Waals surface area contributed by atoms with Gasteiger partial charge in [0.2, 0.25) is 5.91 Å². The summed E-state index contributed by atoms with van der Waals surface area (Å²) in [6, 6.07) is 4.55. The predicted molar refractivity (Wildman–Crippen MR) is 68.0 cm³/mol. The fourth-order valence-corrected chi connectivity index (χ4v) is 2.14. The number of carbonyl (C=O) groups is 1.